The molecule has 4 heteroatoms. The van der Waals surface area contributed by atoms with Crippen LogP contribution in [0, 0.1) is 0 Å². The molecule has 0 aliphatic carbocycles. The van der Waals surface area contributed by atoms with Crippen molar-refractivity contribution in [2.24, 2.45) is 0 Å². The van der Waals surface area contributed by atoms with Gasteiger partial charge in [-0.2, -0.15) is 5.10 Å². The van der Waals surface area contributed by atoms with Gasteiger partial charge < -0.3 is 5.32 Å². The second-order valence-electron chi connectivity index (χ2n) is 5.37. The van der Waals surface area contributed by atoms with Crippen LogP contribution in [-0.2, 0) is 4.79 Å². The first-order valence-electron chi connectivity index (χ1n) is 6.95. The van der Waals surface area contributed by atoms with E-state index in [2.05, 4.69) is 43.3 Å². The summed E-state index contributed by atoms with van der Waals surface area (Å²) in [6, 6.07) is 10.4. The summed E-state index contributed by atoms with van der Waals surface area (Å²) in [5.41, 5.74) is 1.93. The summed E-state index contributed by atoms with van der Waals surface area (Å²) in [5.74, 6) is 0.223. The molecule has 1 heterocycles. The van der Waals surface area contributed by atoms with Crippen molar-refractivity contribution in [3.05, 3.63) is 48.3 Å². The van der Waals surface area contributed by atoms with E-state index in [1.54, 1.807) is 6.20 Å². The minimum absolute atomic E-state index is 0.0182. The van der Waals surface area contributed by atoms with Gasteiger partial charge in [0, 0.05) is 18.7 Å². The predicted molar refractivity (Wildman–Crippen MR) is 80.7 cm³/mol. The molecule has 0 saturated carbocycles. The lowest BCUT2D eigenvalue weighted by molar-refractivity contribution is -0.116. The molecule has 0 radical (unpaired) electrons. The Morgan fingerprint density at radius 1 is 1.25 bits per heavy atom. The smallest absolute Gasteiger partial charge is 0.225 e. The Morgan fingerprint density at radius 3 is 2.55 bits per heavy atom. The predicted octanol–water partition coefficient (Wildman–Crippen LogP) is 3.60. The molecule has 0 saturated heterocycles. The van der Waals surface area contributed by atoms with Crippen LogP contribution in [0.25, 0.3) is 0 Å². The number of hydrogen-bond donors (Lipinski definition) is 1. The SMILES string of the molecule is CC(CC(=O)Nc1cnn(C(C)C)c1)c1ccccc1. The van der Waals surface area contributed by atoms with E-state index in [9.17, 15) is 4.79 Å². The Hall–Kier alpha value is -2.10. The number of carbonyl (C=O) groups excluding carboxylic acids is 1. The Balaban J connectivity index is 1.92. The molecule has 1 N–H and O–H groups in total. The second kappa shape index (κ2) is 6.37. The van der Waals surface area contributed by atoms with E-state index in [0.717, 1.165) is 5.69 Å². The number of aromatic nitrogens is 2. The standard InChI is InChI=1S/C16H21N3O/c1-12(2)19-11-15(10-17-19)18-16(20)9-13(3)14-7-5-4-6-8-14/h4-8,10-13H,9H2,1-3H3,(H,18,20). The van der Waals surface area contributed by atoms with Gasteiger partial charge in [0.05, 0.1) is 11.9 Å². The van der Waals surface area contributed by atoms with Crippen molar-refractivity contribution in [3.8, 4) is 0 Å². The number of benzene rings is 1. The summed E-state index contributed by atoms with van der Waals surface area (Å²) in [4.78, 5) is 12.0. The summed E-state index contributed by atoms with van der Waals surface area (Å²) < 4.78 is 1.83. The van der Waals surface area contributed by atoms with E-state index in [4.69, 9.17) is 0 Å². The van der Waals surface area contributed by atoms with Crippen LogP contribution in [0.4, 0.5) is 5.69 Å². The van der Waals surface area contributed by atoms with Crippen LogP contribution in [0.1, 0.15) is 44.7 Å². The average Bonchev–Trinajstić information content (AvgIpc) is 2.88. The van der Waals surface area contributed by atoms with Crippen molar-refractivity contribution in [2.75, 3.05) is 5.32 Å². The Labute approximate surface area is 119 Å². The van der Waals surface area contributed by atoms with Crippen molar-refractivity contribution in [2.45, 2.75) is 39.2 Å². The fourth-order valence-electron chi connectivity index (χ4n) is 2.07. The molecule has 0 bridgehead atoms. The van der Waals surface area contributed by atoms with Gasteiger partial charge in [0.15, 0.2) is 0 Å². The summed E-state index contributed by atoms with van der Waals surface area (Å²) >= 11 is 0. The molecule has 0 aliphatic rings. The van der Waals surface area contributed by atoms with Gasteiger partial charge in [0.1, 0.15) is 0 Å². The first kappa shape index (κ1) is 14.3. The van der Waals surface area contributed by atoms with Gasteiger partial charge in [-0.15, -0.1) is 0 Å². The third-order valence-corrected chi connectivity index (χ3v) is 3.27. The Morgan fingerprint density at radius 2 is 1.95 bits per heavy atom. The molecule has 1 amide bonds. The molecule has 0 aliphatic heterocycles. The van der Waals surface area contributed by atoms with Gasteiger partial charge in [-0.25, -0.2) is 0 Å². The van der Waals surface area contributed by atoms with Gasteiger partial charge in [0.25, 0.3) is 0 Å². The molecular formula is C16H21N3O. The summed E-state index contributed by atoms with van der Waals surface area (Å²) in [6.07, 6.45) is 4.01. The minimum Gasteiger partial charge on any atom is -0.323 e. The van der Waals surface area contributed by atoms with E-state index >= 15 is 0 Å². The number of nitrogens with one attached hydrogen (secondary N) is 1. The number of carbonyl (C=O) groups is 1. The number of amides is 1. The third kappa shape index (κ3) is 3.70. The lowest BCUT2D eigenvalue weighted by Crippen LogP contribution is -2.14. The van der Waals surface area contributed by atoms with Crippen molar-refractivity contribution >= 4 is 11.6 Å². The molecule has 0 spiro atoms. The van der Waals surface area contributed by atoms with Crippen LogP contribution >= 0.6 is 0 Å². The van der Waals surface area contributed by atoms with Gasteiger partial charge in [-0.3, -0.25) is 9.48 Å². The summed E-state index contributed by atoms with van der Waals surface area (Å²) in [5, 5.41) is 7.10. The zero-order valence-electron chi connectivity index (χ0n) is 12.2. The van der Waals surface area contributed by atoms with Crippen LogP contribution in [-0.4, -0.2) is 15.7 Å². The maximum atomic E-state index is 12.0. The van der Waals surface area contributed by atoms with Crippen LogP contribution in [0.5, 0.6) is 0 Å². The Kier molecular flexibility index (Phi) is 4.56. The third-order valence-electron chi connectivity index (χ3n) is 3.27. The first-order chi connectivity index (χ1) is 9.56. The van der Waals surface area contributed by atoms with E-state index in [0.29, 0.717) is 12.5 Å². The lowest BCUT2D eigenvalue weighted by atomic mass is 9.97. The number of nitrogens with zero attached hydrogens (tertiary/aromatic N) is 2. The second-order valence-corrected chi connectivity index (χ2v) is 5.37. The highest BCUT2D eigenvalue weighted by Gasteiger charge is 2.12. The molecule has 1 aromatic heterocycles. The highest BCUT2D eigenvalue weighted by atomic mass is 16.1. The molecule has 1 unspecified atom stereocenters. The van der Waals surface area contributed by atoms with E-state index in [-0.39, 0.29) is 11.8 Å². The molecule has 106 valence electrons. The van der Waals surface area contributed by atoms with Crippen LogP contribution in [0.3, 0.4) is 0 Å². The summed E-state index contributed by atoms with van der Waals surface area (Å²) in [7, 11) is 0. The fraction of sp³-hybridized carbons (Fsp3) is 0.375. The molecular weight excluding hydrogens is 250 g/mol. The van der Waals surface area contributed by atoms with Crippen LogP contribution < -0.4 is 5.32 Å². The molecule has 4 nitrogen and oxygen atoms in total. The highest BCUT2D eigenvalue weighted by Crippen LogP contribution is 2.19. The molecule has 2 aromatic rings. The maximum Gasteiger partial charge on any atom is 0.225 e. The normalized spacial score (nSPS) is 12.4. The zero-order chi connectivity index (χ0) is 14.5. The fourth-order valence-corrected chi connectivity index (χ4v) is 2.07. The van der Waals surface area contributed by atoms with E-state index < -0.39 is 0 Å². The molecule has 0 fully saturated rings. The molecule has 20 heavy (non-hydrogen) atoms. The van der Waals surface area contributed by atoms with Gasteiger partial charge in [-0.1, -0.05) is 37.3 Å². The van der Waals surface area contributed by atoms with Crippen molar-refractivity contribution in [1.82, 2.24) is 9.78 Å². The summed E-state index contributed by atoms with van der Waals surface area (Å²) in [6.45, 7) is 6.17. The van der Waals surface area contributed by atoms with Crippen molar-refractivity contribution < 1.29 is 4.79 Å². The molecule has 2 rings (SSSR count). The van der Waals surface area contributed by atoms with Crippen LogP contribution in [0.2, 0.25) is 0 Å². The van der Waals surface area contributed by atoms with Crippen molar-refractivity contribution in [3.63, 3.8) is 0 Å². The number of rotatable bonds is 5. The Bertz CT molecular complexity index is 560. The largest absolute Gasteiger partial charge is 0.323 e. The van der Waals surface area contributed by atoms with Gasteiger partial charge in [0.2, 0.25) is 5.91 Å². The highest BCUT2D eigenvalue weighted by molar-refractivity contribution is 5.90. The topological polar surface area (TPSA) is 46.9 Å². The lowest BCUT2D eigenvalue weighted by Gasteiger charge is -2.11. The monoisotopic (exact) mass is 271 g/mol. The van der Waals surface area contributed by atoms with E-state index in [1.165, 1.54) is 5.56 Å². The molecule has 1 aromatic carbocycles. The van der Waals surface area contributed by atoms with Gasteiger partial charge >= 0.3 is 0 Å². The zero-order valence-corrected chi connectivity index (χ0v) is 12.2. The quantitative estimate of drug-likeness (QED) is 0.903. The average molecular weight is 271 g/mol. The number of anilines is 1. The van der Waals surface area contributed by atoms with Gasteiger partial charge in [-0.05, 0) is 25.3 Å². The minimum atomic E-state index is 0.0182. The first-order valence-corrected chi connectivity index (χ1v) is 6.95. The maximum absolute atomic E-state index is 12.0. The number of hydrogen-bond acceptors (Lipinski definition) is 2. The van der Waals surface area contributed by atoms with Crippen molar-refractivity contribution in [1.29, 1.82) is 0 Å². The van der Waals surface area contributed by atoms with Crippen LogP contribution in [0.15, 0.2) is 42.7 Å². The van der Waals surface area contributed by atoms with E-state index in [1.807, 2.05) is 29.1 Å². The molecule has 1 atom stereocenters.